The lowest BCUT2D eigenvalue weighted by molar-refractivity contribution is -0.138. The highest BCUT2D eigenvalue weighted by Crippen LogP contribution is 2.37. The van der Waals surface area contributed by atoms with E-state index in [9.17, 15) is 13.2 Å². The molecule has 20 heavy (non-hydrogen) atoms. The number of aromatic nitrogens is 2. The second kappa shape index (κ2) is 5.29. The molecule has 0 fully saturated rings. The molecule has 104 valence electrons. The van der Waals surface area contributed by atoms with Crippen LogP contribution < -0.4 is 4.74 Å². The Bertz CT molecular complexity index is 636. The zero-order valence-corrected chi connectivity index (χ0v) is 10.6. The minimum Gasteiger partial charge on any atom is -0.464 e. The number of nitrogens with zero attached hydrogens (tertiary/aromatic N) is 2. The first kappa shape index (κ1) is 14.0. The van der Waals surface area contributed by atoms with Crippen molar-refractivity contribution in [2.45, 2.75) is 13.1 Å². The summed E-state index contributed by atoms with van der Waals surface area (Å²) in [6, 6.07) is 6.86. The minimum absolute atomic E-state index is 0.263. The highest BCUT2D eigenvalue weighted by atomic mass is 19.4. The predicted octanol–water partition coefficient (Wildman–Crippen LogP) is 3.21. The van der Waals surface area contributed by atoms with Gasteiger partial charge in [0, 0.05) is 0 Å². The van der Waals surface area contributed by atoms with Gasteiger partial charge in [-0.05, 0) is 19.1 Å². The average Bonchev–Trinajstić information content (AvgIpc) is 2.81. The fourth-order valence-corrected chi connectivity index (χ4v) is 1.65. The Labute approximate surface area is 114 Å². The van der Waals surface area contributed by atoms with Crippen LogP contribution in [0, 0.1) is 19.3 Å². The van der Waals surface area contributed by atoms with Crippen molar-refractivity contribution in [3.05, 3.63) is 41.6 Å². The molecule has 1 aromatic carbocycles. The maximum atomic E-state index is 12.9. The predicted molar refractivity (Wildman–Crippen MR) is 67.6 cm³/mol. The number of halogens is 3. The van der Waals surface area contributed by atoms with Crippen molar-refractivity contribution >= 4 is 0 Å². The summed E-state index contributed by atoms with van der Waals surface area (Å²) in [6.07, 6.45) is 1.21. The second-order valence-corrected chi connectivity index (χ2v) is 4.10. The summed E-state index contributed by atoms with van der Waals surface area (Å²) >= 11 is 0. The van der Waals surface area contributed by atoms with Crippen LogP contribution in [0.5, 0.6) is 5.88 Å². The van der Waals surface area contributed by atoms with E-state index in [1.807, 2.05) is 6.92 Å². The van der Waals surface area contributed by atoms with E-state index in [1.165, 1.54) is 0 Å². The molecule has 0 spiro atoms. The Kier molecular flexibility index (Phi) is 3.70. The van der Waals surface area contributed by atoms with Gasteiger partial charge in [0.25, 0.3) is 0 Å². The van der Waals surface area contributed by atoms with Gasteiger partial charge in [-0.1, -0.05) is 23.6 Å². The van der Waals surface area contributed by atoms with Crippen molar-refractivity contribution in [3.8, 4) is 23.9 Å². The highest BCUT2D eigenvalue weighted by molar-refractivity contribution is 5.40. The van der Waals surface area contributed by atoms with Crippen LogP contribution in [-0.4, -0.2) is 16.4 Å². The Morgan fingerprint density at radius 3 is 2.50 bits per heavy atom. The molecule has 0 saturated heterocycles. The number of rotatable bonds is 3. The minimum atomic E-state index is -4.55. The third kappa shape index (κ3) is 2.77. The van der Waals surface area contributed by atoms with E-state index in [0.29, 0.717) is 5.69 Å². The molecule has 1 aromatic heterocycles. The van der Waals surface area contributed by atoms with Crippen molar-refractivity contribution in [2.24, 2.45) is 0 Å². The summed E-state index contributed by atoms with van der Waals surface area (Å²) in [5.74, 6) is 1.74. The molecule has 2 rings (SSSR count). The third-order valence-electron chi connectivity index (χ3n) is 2.60. The molecule has 0 N–H and O–H groups in total. The summed E-state index contributed by atoms with van der Waals surface area (Å²) in [6.45, 7) is 1.62. The Morgan fingerprint density at radius 2 is 1.95 bits per heavy atom. The van der Waals surface area contributed by atoms with E-state index >= 15 is 0 Å². The van der Waals surface area contributed by atoms with E-state index in [1.54, 1.807) is 24.3 Å². The second-order valence-electron chi connectivity index (χ2n) is 4.10. The maximum absolute atomic E-state index is 12.9. The van der Waals surface area contributed by atoms with Crippen LogP contribution in [0.1, 0.15) is 11.1 Å². The number of alkyl halides is 3. The van der Waals surface area contributed by atoms with E-state index in [-0.39, 0.29) is 6.61 Å². The third-order valence-corrected chi connectivity index (χ3v) is 2.60. The molecule has 0 radical (unpaired) electrons. The fraction of sp³-hybridized carbons (Fsp3) is 0.214. The molecule has 0 atom stereocenters. The van der Waals surface area contributed by atoms with Crippen LogP contribution in [0.3, 0.4) is 0 Å². The molecule has 2 aromatic rings. The molecule has 0 bridgehead atoms. The van der Waals surface area contributed by atoms with Crippen LogP contribution in [0.15, 0.2) is 30.5 Å². The van der Waals surface area contributed by atoms with Crippen LogP contribution in [0.4, 0.5) is 13.2 Å². The average molecular weight is 280 g/mol. The summed E-state index contributed by atoms with van der Waals surface area (Å²) in [5, 5.41) is 3.74. The number of hydrogen-bond acceptors (Lipinski definition) is 2. The van der Waals surface area contributed by atoms with Crippen molar-refractivity contribution in [3.63, 3.8) is 0 Å². The highest BCUT2D eigenvalue weighted by Gasteiger charge is 2.37. The number of terminal acetylenes is 1. The number of aryl methyl sites for hydroxylation is 1. The molecule has 0 aliphatic rings. The number of hydrogen-bond donors (Lipinski definition) is 0. The van der Waals surface area contributed by atoms with E-state index in [0.717, 1.165) is 16.4 Å². The van der Waals surface area contributed by atoms with Gasteiger partial charge in [-0.2, -0.15) is 18.3 Å². The molecule has 0 aliphatic carbocycles. The molecule has 3 nitrogen and oxygen atoms in total. The first-order chi connectivity index (χ1) is 9.43. The smallest absolute Gasteiger partial charge is 0.423 e. The molecule has 6 heteroatoms. The Hall–Kier alpha value is -2.42. The topological polar surface area (TPSA) is 27.1 Å². The molecule has 0 saturated carbocycles. The van der Waals surface area contributed by atoms with Gasteiger partial charge in [-0.15, -0.1) is 6.42 Å². The van der Waals surface area contributed by atoms with Gasteiger partial charge in [0.15, 0.2) is 6.61 Å². The molecular formula is C14H11F3N2O. The largest absolute Gasteiger partial charge is 0.464 e. The van der Waals surface area contributed by atoms with Gasteiger partial charge >= 0.3 is 6.18 Å². The maximum Gasteiger partial charge on any atom is 0.423 e. The quantitative estimate of drug-likeness (QED) is 0.807. The zero-order valence-electron chi connectivity index (χ0n) is 10.6. The van der Waals surface area contributed by atoms with Gasteiger partial charge in [-0.3, -0.25) is 0 Å². The van der Waals surface area contributed by atoms with Crippen LogP contribution in [0.2, 0.25) is 0 Å². The fourth-order valence-electron chi connectivity index (χ4n) is 1.65. The normalized spacial score (nSPS) is 11.2. The van der Waals surface area contributed by atoms with E-state index in [4.69, 9.17) is 11.2 Å². The lowest BCUT2D eigenvalue weighted by Gasteiger charge is -2.11. The summed E-state index contributed by atoms with van der Waals surface area (Å²) in [4.78, 5) is 0. The number of ether oxygens (including phenoxy) is 1. The molecule has 0 amide bonds. The van der Waals surface area contributed by atoms with Crippen LogP contribution in [-0.2, 0) is 6.18 Å². The Morgan fingerprint density at radius 1 is 1.30 bits per heavy atom. The van der Waals surface area contributed by atoms with Crippen molar-refractivity contribution in [2.75, 3.05) is 6.61 Å². The molecule has 0 aliphatic heterocycles. The van der Waals surface area contributed by atoms with Crippen molar-refractivity contribution in [1.82, 2.24) is 9.78 Å². The van der Waals surface area contributed by atoms with Crippen molar-refractivity contribution in [1.29, 1.82) is 0 Å². The monoisotopic (exact) mass is 280 g/mol. The van der Waals surface area contributed by atoms with Gasteiger partial charge in [0.05, 0.1) is 11.9 Å². The van der Waals surface area contributed by atoms with Gasteiger partial charge < -0.3 is 4.74 Å². The summed E-state index contributed by atoms with van der Waals surface area (Å²) in [7, 11) is 0. The zero-order chi connectivity index (χ0) is 14.8. The first-order valence-corrected chi connectivity index (χ1v) is 5.72. The molecule has 1 heterocycles. The van der Waals surface area contributed by atoms with Gasteiger partial charge in [0.1, 0.15) is 5.56 Å². The molecular weight excluding hydrogens is 269 g/mol. The number of benzene rings is 1. The van der Waals surface area contributed by atoms with Gasteiger partial charge in [-0.25, -0.2) is 4.68 Å². The standard InChI is InChI=1S/C14H11F3N2O/c1-3-8-20-13-12(14(15,16)17)9-18-19(13)11-6-4-10(2)5-7-11/h1,4-7,9H,8H2,2H3. The van der Waals surface area contributed by atoms with E-state index < -0.39 is 17.6 Å². The first-order valence-electron chi connectivity index (χ1n) is 5.72. The van der Waals surface area contributed by atoms with Crippen LogP contribution in [0.25, 0.3) is 5.69 Å². The SMILES string of the molecule is C#CCOc1c(C(F)(F)F)cnn1-c1ccc(C)cc1. The van der Waals surface area contributed by atoms with Gasteiger partial charge in [0.2, 0.25) is 5.88 Å². The van der Waals surface area contributed by atoms with E-state index in [2.05, 4.69) is 11.0 Å². The molecule has 0 unspecified atom stereocenters. The van der Waals surface area contributed by atoms with Crippen LogP contribution >= 0.6 is 0 Å². The Balaban J connectivity index is 2.50. The summed E-state index contributed by atoms with van der Waals surface area (Å²) in [5.41, 5.74) is 0.509. The van der Waals surface area contributed by atoms with Crippen molar-refractivity contribution < 1.29 is 17.9 Å². The summed E-state index contributed by atoms with van der Waals surface area (Å²) < 4.78 is 44.7. The lowest BCUT2D eigenvalue weighted by Crippen LogP contribution is -2.10. The lowest BCUT2D eigenvalue weighted by atomic mass is 10.2.